The predicted octanol–water partition coefficient (Wildman–Crippen LogP) is 3.10. The molecular formula is C20H23NO4S. The van der Waals surface area contributed by atoms with Crippen LogP contribution in [0.3, 0.4) is 0 Å². The number of sulfonamides is 1. The van der Waals surface area contributed by atoms with Crippen LogP contribution in [0.25, 0.3) is 0 Å². The second-order valence-electron chi connectivity index (χ2n) is 6.84. The quantitative estimate of drug-likeness (QED) is 0.826. The summed E-state index contributed by atoms with van der Waals surface area (Å²) in [5.41, 5.74) is 1.32. The van der Waals surface area contributed by atoms with E-state index in [0.29, 0.717) is 43.7 Å². The molecule has 2 heterocycles. The maximum Gasteiger partial charge on any atom is 0.243 e. The lowest BCUT2D eigenvalue weighted by Crippen LogP contribution is -2.38. The fourth-order valence-corrected chi connectivity index (χ4v) is 5.12. The highest BCUT2D eigenvalue weighted by Crippen LogP contribution is 2.34. The van der Waals surface area contributed by atoms with Crippen LogP contribution in [0.4, 0.5) is 0 Å². The van der Waals surface area contributed by atoms with Crippen LogP contribution in [0.2, 0.25) is 0 Å². The van der Waals surface area contributed by atoms with Crippen molar-refractivity contribution in [2.24, 2.45) is 5.92 Å². The van der Waals surface area contributed by atoms with Gasteiger partial charge in [0.1, 0.15) is 13.2 Å². The second kappa shape index (κ2) is 7.29. The first-order valence-electron chi connectivity index (χ1n) is 9.07. The molecule has 2 aliphatic heterocycles. The molecule has 6 heteroatoms. The molecule has 0 amide bonds. The average Bonchev–Trinajstić information content (AvgIpc) is 2.69. The lowest BCUT2D eigenvalue weighted by Gasteiger charge is -2.31. The van der Waals surface area contributed by atoms with Crippen molar-refractivity contribution in [1.82, 2.24) is 4.31 Å². The standard InChI is InChI=1S/C20H23NO4S/c22-26(23,18-6-7-19-20(15-18)25-13-12-24-19)21-10-8-17(9-11-21)14-16-4-2-1-3-5-16/h1-7,15,17H,8-14H2. The zero-order valence-electron chi connectivity index (χ0n) is 14.6. The van der Waals surface area contributed by atoms with E-state index in [1.54, 1.807) is 22.5 Å². The summed E-state index contributed by atoms with van der Waals surface area (Å²) in [6.07, 6.45) is 2.79. The number of nitrogens with zero attached hydrogens (tertiary/aromatic N) is 1. The summed E-state index contributed by atoms with van der Waals surface area (Å²) in [7, 11) is -3.49. The van der Waals surface area contributed by atoms with E-state index in [2.05, 4.69) is 24.3 Å². The number of fused-ring (bicyclic) bond motifs is 1. The molecule has 0 unspecified atom stereocenters. The first-order valence-corrected chi connectivity index (χ1v) is 10.5. The van der Waals surface area contributed by atoms with Crippen LogP contribution < -0.4 is 9.47 Å². The van der Waals surface area contributed by atoms with E-state index in [-0.39, 0.29) is 4.90 Å². The molecule has 0 spiro atoms. The van der Waals surface area contributed by atoms with Gasteiger partial charge < -0.3 is 9.47 Å². The Morgan fingerprint density at radius 2 is 1.62 bits per heavy atom. The smallest absolute Gasteiger partial charge is 0.243 e. The zero-order chi connectivity index (χ0) is 18.0. The molecule has 0 N–H and O–H groups in total. The molecule has 2 aliphatic rings. The number of hydrogen-bond acceptors (Lipinski definition) is 4. The lowest BCUT2D eigenvalue weighted by atomic mass is 9.91. The van der Waals surface area contributed by atoms with Gasteiger partial charge in [0.15, 0.2) is 11.5 Å². The van der Waals surface area contributed by atoms with E-state index in [0.717, 1.165) is 19.3 Å². The average molecular weight is 373 g/mol. The van der Waals surface area contributed by atoms with E-state index in [1.165, 1.54) is 5.56 Å². The summed E-state index contributed by atoms with van der Waals surface area (Å²) in [4.78, 5) is 0.281. The van der Waals surface area contributed by atoms with Gasteiger partial charge in [0.2, 0.25) is 10.0 Å². The monoisotopic (exact) mass is 373 g/mol. The highest BCUT2D eigenvalue weighted by molar-refractivity contribution is 7.89. The summed E-state index contributed by atoms with van der Waals surface area (Å²) in [6.45, 7) is 2.07. The maximum absolute atomic E-state index is 13.0. The molecule has 1 fully saturated rings. The molecule has 2 aromatic carbocycles. The van der Waals surface area contributed by atoms with Gasteiger partial charge in [-0.05, 0) is 42.9 Å². The summed E-state index contributed by atoms with van der Waals surface area (Å²) in [5.74, 6) is 1.65. The Labute approximate surface area is 154 Å². The summed E-state index contributed by atoms with van der Waals surface area (Å²) >= 11 is 0. The van der Waals surface area contributed by atoms with Crippen LogP contribution in [0.15, 0.2) is 53.4 Å². The largest absolute Gasteiger partial charge is 0.486 e. The molecule has 5 nitrogen and oxygen atoms in total. The molecular weight excluding hydrogens is 350 g/mol. The first kappa shape index (κ1) is 17.4. The van der Waals surface area contributed by atoms with E-state index >= 15 is 0 Å². The van der Waals surface area contributed by atoms with Crippen LogP contribution in [0, 0.1) is 5.92 Å². The van der Waals surface area contributed by atoms with Crippen molar-refractivity contribution in [3.05, 3.63) is 54.1 Å². The molecule has 0 aromatic heterocycles. The Hall–Kier alpha value is -2.05. The molecule has 138 valence electrons. The van der Waals surface area contributed by atoms with Crippen LogP contribution in [0.1, 0.15) is 18.4 Å². The third-order valence-corrected chi connectivity index (χ3v) is 6.99. The van der Waals surface area contributed by atoms with Crippen LogP contribution in [-0.2, 0) is 16.4 Å². The Balaban J connectivity index is 1.43. The minimum absolute atomic E-state index is 0.281. The van der Waals surface area contributed by atoms with Gasteiger partial charge in [0, 0.05) is 19.2 Å². The third kappa shape index (κ3) is 3.57. The minimum Gasteiger partial charge on any atom is -0.486 e. The van der Waals surface area contributed by atoms with Gasteiger partial charge in [-0.1, -0.05) is 30.3 Å². The first-order chi connectivity index (χ1) is 12.6. The summed E-state index contributed by atoms with van der Waals surface area (Å²) in [5, 5.41) is 0. The van der Waals surface area contributed by atoms with E-state index in [9.17, 15) is 8.42 Å². The van der Waals surface area contributed by atoms with Crippen molar-refractivity contribution in [3.8, 4) is 11.5 Å². The highest BCUT2D eigenvalue weighted by atomic mass is 32.2. The number of piperidine rings is 1. The highest BCUT2D eigenvalue weighted by Gasteiger charge is 2.30. The molecule has 0 saturated carbocycles. The SMILES string of the molecule is O=S(=O)(c1ccc2c(c1)OCCO2)N1CCC(Cc2ccccc2)CC1. The molecule has 4 rings (SSSR count). The van der Waals surface area contributed by atoms with E-state index in [1.807, 2.05) is 6.07 Å². The number of benzene rings is 2. The number of hydrogen-bond donors (Lipinski definition) is 0. The molecule has 0 atom stereocenters. The number of rotatable bonds is 4. The zero-order valence-corrected chi connectivity index (χ0v) is 15.5. The Morgan fingerprint density at radius 3 is 2.35 bits per heavy atom. The van der Waals surface area contributed by atoms with Crippen molar-refractivity contribution >= 4 is 10.0 Å². The van der Waals surface area contributed by atoms with E-state index in [4.69, 9.17) is 9.47 Å². The van der Waals surface area contributed by atoms with Crippen molar-refractivity contribution in [1.29, 1.82) is 0 Å². The molecule has 0 aliphatic carbocycles. The van der Waals surface area contributed by atoms with Gasteiger partial charge in [-0.15, -0.1) is 0 Å². The fraction of sp³-hybridized carbons (Fsp3) is 0.400. The van der Waals surface area contributed by atoms with Gasteiger partial charge in [-0.25, -0.2) is 8.42 Å². The van der Waals surface area contributed by atoms with Gasteiger partial charge in [0.05, 0.1) is 4.90 Å². The van der Waals surface area contributed by atoms with Crippen LogP contribution in [0.5, 0.6) is 11.5 Å². The fourth-order valence-electron chi connectivity index (χ4n) is 3.63. The third-order valence-electron chi connectivity index (χ3n) is 5.09. The second-order valence-corrected chi connectivity index (χ2v) is 8.78. The lowest BCUT2D eigenvalue weighted by molar-refractivity contribution is 0.171. The molecule has 1 saturated heterocycles. The van der Waals surface area contributed by atoms with Crippen molar-refractivity contribution in [2.45, 2.75) is 24.2 Å². The van der Waals surface area contributed by atoms with Gasteiger partial charge in [0.25, 0.3) is 0 Å². The van der Waals surface area contributed by atoms with Crippen molar-refractivity contribution in [2.75, 3.05) is 26.3 Å². The van der Waals surface area contributed by atoms with Crippen molar-refractivity contribution < 1.29 is 17.9 Å². The van der Waals surface area contributed by atoms with Gasteiger partial charge in [-0.2, -0.15) is 4.31 Å². The number of ether oxygens (including phenoxy) is 2. The summed E-state index contributed by atoms with van der Waals surface area (Å²) in [6, 6.07) is 15.3. The summed E-state index contributed by atoms with van der Waals surface area (Å²) < 4.78 is 38.5. The van der Waals surface area contributed by atoms with Gasteiger partial charge in [-0.3, -0.25) is 0 Å². The molecule has 0 radical (unpaired) electrons. The normalized spacial score (nSPS) is 18.6. The molecule has 2 aromatic rings. The Bertz CT molecular complexity index is 859. The van der Waals surface area contributed by atoms with Gasteiger partial charge >= 0.3 is 0 Å². The van der Waals surface area contributed by atoms with Crippen molar-refractivity contribution in [3.63, 3.8) is 0 Å². The Morgan fingerprint density at radius 1 is 0.923 bits per heavy atom. The molecule has 26 heavy (non-hydrogen) atoms. The maximum atomic E-state index is 13.0. The van der Waals surface area contributed by atoms with E-state index < -0.39 is 10.0 Å². The molecule has 0 bridgehead atoms. The predicted molar refractivity (Wildman–Crippen MR) is 99.1 cm³/mol. The van der Waals surface area contributed by atoms with Crippen LogP contribution >= 0.6 is 0 Å². The van der Waals surface area contributed by atoms with Crippen LogP contribution in [-0.4, -0.2) is 39.0 Å². The Kier molecular flexibility index (Phi) is 4.87. The minimum atomic E-state index is -3.49. The topological polar surface area (TPSA) is 55.8 Å².